The Morgan fingerprint density at radius 3 is 2.92 bits per heavy atom. The smallest absolute Gasteiger partial charge is 0.0443 e. The maximum absolute atomic E-state index is 8.71. The van der Waals surface area contributed by atoms with Crippen molar-refractivity contribution in [1.29, 1.82) is 0 Å². The third kappa shape index (κ3) is 3.89. The predicted molar refractivity (Wildman–Crippen MR) is 57.0 cm³/mol. The third-order valence-corrected chi connectivity index (χ3v) is 2.90. The molecule has 2 nitrogen and oxygen atoms in total. The third-order valence-electron chi connectivity index (χ3n) is 2.04. The molecular formula is C10H17NOS. The summed E-state index contributed by atoms with van der Waals surface area (Å²) in [4.78, 5) is 3.75. The molecule has 0 aliphatic rings. The first-order valence-corrected chi connectivity index (χ1v) is 5.60. The average Bonchev–Trinajstić information content (AvgIpc) is 2.64. The zero-order valence-corrected chi connectivity index (χ0v) is 8.89. The molecule has 0 aromatic carbocycles. The van der Waals surface area contributed by atoms with Gasteiger partial charge in [-0.1, -0.05) is 13.0 Å². The van der Waals surface area contributed by atoms with Gasteiger partial charge in [-0.2, -0.15) is 0 Å². The molecule has 0 fully saturated rings. The highest BCUT2D eigenvalue weighted by Crippen LogP contribution is 2.11. The molecule has 0 saturated carbocycles. The highest BCUT2D eigenvalue weighted by molar-refractivity contribution is 7.09. The lowest BCUT2D eigenvalue weighted by atomic mass is 10.3. The Labute approximate surface area is 83.8 Å². The standard InChI is InChI=1S/C10H17NOS/c1-2-11(6-4-7-12)9-10-5-3-8-13-10/h3,5,8,12H,2,4,6-7,9H2,1H3. The zero-order chi connectivity index (χ0) is 9.52. The topological polar surface area (TPSA) is 23.5 Å². The summed E-state index contributed by atoms with van der Waals surface area (Å²) in [6.45, 7) is 5.52. The Hall–Kier alpha value is -0.380. The van der Waals surface area contributed by atoms with Crippen LogP contribution in [0.15, 0.2) is 17.5 Å². The molecule has 0 bridgehead atoms. The van der Waals surface area contributed by atoms with Gasteiger partial charge in [-0.25, -0.2) is 0 Å². The Balaban J connectivity index is 2.31. The fourth-order valence-corrected chi connectivity index (χ4v) is 2.01. The van der Waals surface area contributed by atoms with Gasteiger partial charge in [0.05, 0.1) is 0 Å². The Bertz CT molecular complexity index is 211. The second-order valence-corrected chi connectivity index (χ2v) is 4.06. The summed E-state index contributed by atoms with van der Waals surface area (Å²) in [5, 5.41) is 10.8. The number of thiophene rings is 1. The van der Waals surface area contributed by atoms with Crippen LogP contribution in [0.25, 0.3) is 0 Å². The molecule has 0 aliphatic carbocycles. The minimum Gasteiger partial charge on any atom is -0.396 e. The molecule has 3 heteroatoms. The van der Waals surface area contributed by atoms with Crippen LogP contribution in [0, 0.1) is 0 Å². The molecule has 0 saturated heterocycles. The van der Waals surface area contributed by atoms with Crippen LogP contribution in [-0.4, -0.2) is 29.7 Å². The number of hydrogen-bond donors (Lipinski definition) is 1. The van der Waals surface area contributed by atoms with Gasteiger partial charge in [-0.3, -0.25) is 4.90 Å². The van der Waals surface area contributed by atoms with Gasteiger partial charge in [0.2, 0.25) is 0 Å². The van der Waals surface area contributed by atoms with E-state index >= 15 is 0 Å². The lowest BCUT2D eigenvalue weighted by molar-refractivity contribution is 0.226. The first-order valence-electron chi connectivity index (χ1n) is 4.72. The van der Waals surface area contributed by atoms with Crippen LogP contribution in [0.1, 0.15) is 18.2 Å². The Kier molecular flexibility index (Phi) is 5.05. The van der Waals surface area contributed by atoms with Crippen molar-refractivity contribution < 1.29 is 5.11 Å². The molecule has 0 atom stereocenters. The van der Waals surface area contributed by atoms with E-state index < -0.39 is 0 Å². The van der Waals surface area contributed by atoms with E-state index in [0.29, 0.717) is 6.61 Å². The van der Waals surface area contributed by atoms with Crippen LogP contribution >= 0.6 is 11.3 Å². The maximum atomic E-state index is 8.71. The van der Waals surface area contributed by atoms with Gasteiger partial charge in [-0.15, -0.1) is 11.3 Å². The summed E-state index contributed by atoms with van der Waals surface area (Å²) < 4.78 is 0. The number of nitrogens with zero attached hydrogens (tertiary/aromatic N) is 1. The average molecular weight is 199 g/mol. The first-order chi connectivity index (χ1) is 6.36. The van der Waals surface area contributed by atoms with Crippen molar-refractivity contribution in [1.82, 2.24) is 4.90 Å². The normalized spacial score (nSPS) is 11.0. The molecule has 1 rings (SSSR count). The second kappa shape index (κ2) is 6.13. The Morgan fingerprint density at radius 1 is 1.54 bits per heavy atom. The van der Waals surface area contributed by atoms with Gasteiger partial charge >= 0.3 is 0 Å². The van der Waals surface area contributed by atoms with Crippen molar-refractivity contribution in [2.24, 2.45) is 0 Å². The highest BCUT2D eigenvalue weighted by Gasteiger charge is 2.02. The van der Waals surface area contributed by atoms with Gasteiger partial charge in [0.25, 0.3) is 0 Å². The number of rotatable bonds is 6. The van der Waals surface area contributed by atoms with Crippen molar-refractivity contribution in [3.63, 3.8) is 0 Å². The highest BCUT2D eigenvalue weighted by atomic mass is 32.1. The van der Waals surface area contributed by atoms with Crippen LogP contribution in [0.2, 0.25) is 0 Å². The summed E-state index contributed by atoms with van der Waals surface area (Å²) >= 11 is 1.80. The molecule has 74 valence electrons. The molecule has 1 N–H and O–H groups in total. The fraction of sp³-hybridized carbons (Fsp3) is 0.600. The van der Waals surface area contributed by atoms with Crippen molar-refractivity contribution in [2.75, 3.05) is 19.7 Å². The largest absolute Gasteiger partial charge is 0.396 e. The summed E-state index contributed by atoms with van der Waals surface area (Å²) in [5.41, 5.74) is 0. The lowest BCUT2D eigenvalue weighted by Gasteiger charge is -2.18. The van der Waals surface area contributed by atoms with E-state index in [4.69, 9.17) is 5.11 Å². The van der Waals surface area contributed by atoms with E-state index in [2.05, 4.69) is 29.3 Å². The summed E-state index contributed by atoms with van der Waals surface area (Å²) in [7, 11) is 0. The molecule has 1 heterocycles. The van der Waals surface area contributed by atoms with E-state index in [-0.39, 0.29) is 0 Å². The SMILES string of the molecule is CCN(CCCO)Cc1cccs1. The molecule has 1 aromatic heterocycles. The Morgan fingerprint density at radius 2 is 2.38 bits per heavy atom. The maximum Gasteiger partial charge on any atom is 0.0443 e. The number of aliphatic hydroxyl groups is 1. The molecule has 1 aromatic rings. The van der Waals surface area contributed by atoms with E-state index in [0.717, 1.165) is 26.1 Å². The van der Waals surface area contributed by atoms with Crippen molar-refractivity contribution >= 4 is 11.3 Å². The van der Waals surface area contributed by atoms with Crippen LogP contribution in [0.3, 0.4) is 0 Å². The molecular weight excluding hydrogens is 182 g/mol. The summed E-state index contributed by atoms with van der Waals surface area (Å²) in [5.74, 6) is 0. The van der Waals surface area contributed by atoms with E-state index in [1.165, 1.54) is 4.88 Å². The molecule has 0 aliphatic heterocycles. The predicted octanol–water partition coefficient (Wildman–Crippen LogP) is 1.95. The quantitative estimate of drug-likeness (QED) is 0.757. The van der Waals surface area contributed by atoms with Crippen LogP contribution in [0.5, 0.6) is 0 Å². The number of aliphatic hydroxyl groups excluding tert-OH is 1. The number of hydrogen-bond acceptors (Lipinski definition) is 3. The van der Waals surface area contributed by atoms with Crippen LogP contribution in [0.4, 0.5) is 0 Å². The van der Waals surface area contributed by atoms with Gasteiger partial charge in [0.1, 0.15) is 0 Å². The molecule has 13 heavy (non-hydrogen) atoms. The summed E-state index contributed by atoms with van der Waals surface area (Å²) in [6.07, 6.45) is 0.874. The minimum absolute atomic E-state index is 0.293. The first kappa shape index (κ1) is 10.7. The fourth-order valence-electron chi connectivity index (χ4n) is 1.27. The van der Waals surface area contributed by atoms with E-state index in [9.17, 15) is 0 Å². The van der Waals surface area contributed by atoms with Crippen LogP contribution < -0.4 is 0 Å². The molecule has 0 amide bonds. The van der Waals surface area contributed by atoms with Gasteiger partial charge < -0.3 is 5.11 Å². The molecule has 0 radical (unpaired) electrons. The summed E-state index contributed by atoms with van der Waals surface area (Å²) in [6, 6.07) is 4.24. The monoisotopic (exact) mass is 199 g/mol. The van der Waals surface area contributed by atoms with Crippen molar-refractivity contribution in [3.8, 4) is 0 Å². The van der Waals surface area contributed by atoms with Crippen LogP contribution in [-0.2, 0) is 6.54 Å². The molecule has 0 unspecified atom stereocenters. The van der Waals surface area contributed by atoms with E-state index in [1.807, 2.05) is 0 Å². The zero-order valence-electron chi connectivity index (χ0n) is 8.07. The second-order valence-electron chi connectivity index (χ2n) is 3.03. The minimum atomic E-state index is 0.293. The lowest BCUT2D eigenvalue weighted by Crippen LogP contribution is -2.24. The van der Waals surface area contributed by atoms with Gasteiger partial charge in [-0.05, 0) is 24.4 Å². The van der Waals surface area contributed by atoms with Gasteiger partial charge in [0, 0.05) is 24.6 Å². The van der Waals surface area contributed by atoms with Crippen molar-refractivity contribution in [2.45, 2.75) is 19.9 Å². The van der Waals surface area contributed by atoms with Crippen molar-refractivity contribution in [3.05, 3.63) is 22.4 Å². The van der Waals surface area contributed by atoms with Gasteiger partial charge in [0.15, 0.2) is 0 Å². The molecule has 0 spiro atoms. The van der Waals surface area contributed by atoms with E-state index in [1.54, 1.807) is 11.3 Å².